The normalized spacial score (nSPS) is 12.1. The minimum absolute atomic E-state index is 0.145. The molecule has 0 aliphatic carbocycles. The Bertz CT molecular complexity index is 569. The fourth-order valence-electron chi connectivity index (χ4n) is 5.13. The number of hydrogen-bond acceptors (Lipinski definition) is 3. The lowest BCUT2D eigenvalue weighted by atomic mass is 9.97. The molecule has 1 N–H and O–H groups in total. The second-order valence-corrected chi connectivity index (χ2v) is 11.1. The molecule has 0 rings (SSSR count). The maximum atomic E-state index is 12.0. The molecule has 38 heavy (non-hydrogen) atoms. The number of carbonyl (C=O) groups excluding carboxylic acids is 1. The molecule has 4 nitrogen and oxygen atoms in total. The highest BCUT2D eigenvalue weighted by Crippen LogP contribution is 2.18. The Kier molecular flexibility index (Phi) is 28.7. The average Bonchev–Trinajstić information content (AvgIpc) is 2.90. The first-order valence-corrected chi connectivity index (χ1v) is 16.2. The number of rotatable bonds is 30. The minimum Gasteiger partial charge on any atom is -0.481 e. The van der Waals surface area contributed by atoms with Crippen LogP contribution in [-0.2, 0) is 14.3 Å². The van der Waals surface area contributed by atoms with Crippen LogP contribution < -0.4 is 0 Å². The molecule has 0 aromatic heterocycles. The Morgan fingerprint density at radius 3 is 1.37 bits per heavy atom. The SMILES string of the molecule is C=CCOC(=O)C(CCCCCCCCCCCCCCCCCCCCCCCC/C=C/C)CC(=O)O. The fourth-order valence-corrected chi connectivity index (χ4v) is 5.13. The van der Waals surface area contributed by atoms with Gasteiger partial charge < -0.3 is 9.84 Å². The number of hydrogen-bond donors (Lipinski definition) is 1. The van der Waals surface area contributed by atoms with Crippen LogP contribution in [0.4, 0.5) is 0 Å². The molecule has 222 valence electrons. The van der Waals surface area contributed by atoms with Gasteiger partial charge in [-0.1, -0.05) is 160 Å². The molecule has 4 heteroatoms. The summed E-state index contributed by atoms with van der Waals surface area (Å²) in [6.07, 6.45) is 37.2. The van der Waals surface area contributed by atoms with Gasteiger partial charge in [0.2, 0.25) is 0 Å². The van der Waals surface area contributed by atoms with Crippen molar-refractivity contribution < 1.29 is 19.4 Å². The van der Waals surface area contributed by atoms with Crippen LogP contribution in [0, 0.1) is 5.92 Å². The summed E-state index contributed by atoms with van der Waals surface area (Å²) in [4.78, 5) is 23.0. The summed E-state index contributed by atoms with van der Waals surface area (Å²) in [6, 6.07) is 0. The smallest absolute Gasteiger partial charge is 0.309 e. The van der Waals surface area contributed by atoms with Crippen LogP contribution in [0.3, 0.4) is 0 Å². The van der Waals surface area contributed by atoms with Crippen molar-refractivity contribution >= 4 is 11.9 Å². The molecule has 1 atom stereocenters. The van der Waals surface area contributed by atoms with E-state index in [0.29, 0.717) is 6.42 Å². The third kappa shape index (κ3) is 27.5. The molecular weight excluding hydrogens is 472 g/mol. The van der Waals surface area contributed by atoms with Crippen LogP contribution in [0.5, 0.6) is 0 Å². The largest absolute Gasteiger partial charge is 0.481 e. The van der Waals surface area contributed by atoms with Crippen LogP contribution in [-0.4, -0.2) is 23.7 Å². The summed E-state index contributed by atoms with van der Waals surface area (Å²) < 4.78 is 5.04. The molecule has 1 unspecified atom stereocenters. The first-order chi connectivity index (χ1) is 18.6. The molecule has 0 aromatic carbocycles. The van der Waals surface area contributed by atoms with Gasteiger partial charge in [-0.05, 0) is 26.2 Å². The summed E-state index contributed by atoms with van der Waals surface area (Å²) in [7, 11) is 0. The molecular formula is C34H62O4. The molecule has 0 bridgehead atoms. The summed E-state index contributed by atoms with van der Waals surface area (Å²) in [6.45, 7) is 5.78. The zero-order valence-corrected chi connectivity index (χ0v) is 25.1. The number of carboxylic acid groups (broad SMARTS) is 1. The molecule has 0 aromatic rings. The Morgan fingerprint density at radius 1 is 0.658 bits per heavy atom. The van der Waals surface area contributed by atoms with Gasteiger partial charge in [0, 0.05) is 0 Å². The molecule has 0 aliphatic rings. The number of carbonyl (C=O) groups is 2. The second-order valence-electron chi connectivity index (χ2n) is 11.1. The van der Waals surface area contributed by atoms with Crippen molar-refractivity contribution in [2.75, 3.05) is 6.61 Å². The molecule has 0 radical (unpaired) electrons. The average molecular weight is 535 g/mol. The van der Waals surface area contributed by atoms with Crippen LogP contribution in [0.15, 0.2) is 24.8 Å². The van der Waals surface area contributed by atoms with Gasteiger partial charge in [0.1, 0.15) is 6.61 Å². The Hall–Kier alpha value is -1.58. The van der Waals surface area contributed by atoms with Crippen molar-refractivity contribution in [3.63, 3.8) is 0 Å². The first kappa shape index (κ1) is 36.4. The van der Waals surface area contributed by atoms with Gasteiger partial charge in [-0.2, -0.15) is 0 Å². The van der Waals surface area contributed by atoms with E-state index < -0.39 is 17.9 Å². The second kappa shape index (κ2) is 30.0. The minimum atomic E-state index is -0.941. The van der Waals surface area contributed by atoms with E-state index >= 15 is 0 Å². The number of aliphatic carboxylic acids is 1. The lowest BCUT2D eigenvalue weighted by Gasteiger charge is -2.13. The predicted octanol–water partition coefficient (Wildman–Crippen LogP) is 10.7. The van der Waals surface area contributed by atoms with Gasteiger partial charge in [-0.15, -0.1) is 0 Å². The van der Waals surface area contributed by atoms with Gasteiger partial charge in [0.05, 0.1) is 12.3 Å². The van der Waals surface area contributed by atoms with Crippen LogP contribution in [0.2, 0.25) is 0 Å². The molecule has 0 amide bonds. The maximum Gasteiger partial charge on any atom is 0.309 e. The first-order valence-electron chi connectivity index (χ1n) is 16.2. The van der Waals surface area contributed by atoms with Crippen molar-refractivity contribution in [2.45, 2.75) is 167 Å². The number of ether oxygens (including phenoxy) is 1. The van der Waals surface area contributed by atoms with E-state index in [1.807, 2.05) is 0 Å². The Balaban J connectivity index is 3.32. The van der Waals surface area contributed by atoms with Crippen LogP contribution >= 0.6 is 0 Å². The molecule has 0 aliphatic heterocycles. The lowest BCUT2D eigenvalue weighted by Crippen LogP contribution is -2.21. The van der Waals surface area contributed by atoms with E-state index in [4.69, 9.17) is 9.84 Å². The number of esters is 1. The van der Waals surface area contributed by atoms with Gasteiger partial charge in [-0.25, -0.2) is 0 Å². The zero-order valence-electron chi connectivity index (χ0n) is 25.1. The summed E-state index contributed by atoms with van der Waals surface area (Å²) in [5.41, 5.74) is 0. The highest BCUT2D eigenvalue weighted by molar-refractivity contribution is 5.79. The third-order valence-electron chi connectivity index (χ3n) is 7.51. The number of allylic oxidation sites excluding steroid dienone is 2. The van der Waals surface area contributed by atoms with E-state index in [-0.39, 0.29) is 13.0 Å². The van der Waals surface area contributed by atoms with Gasteiger partial charge in [0.15, 0.2) is 0 Å². The van der Waals surface area contributed by atoms with E-state index in [2.05, 4.69) is 25.7 Å². The fraction of sp³-hybridized carbons (Fsp3) is 0.824. The Labute approximate surface area is 236 Å². The van der Waals surface area contributed by atoms with Crippen molar-refractivity contribution in [1.29, 1.82) is 0 Å². The molecule has 0 fully saturated rings. The molecule has 0 spiro atoms. The summed E-state index contributed by atoms with van der Waals surface area (Å²) in [5.74, 6) is -1.88. The van der Waals surface area contributed by atoms with Crippen LogP contribution in [0.25, 0.3) is 0 Å². The van der Waals surface area contributed by atoms with Crippen LogP contribution in [0.1, 0.15) is 167 Å². The molecule has 0 saturated heterocycles. The lowest BCUT2D eigenvalue weighted by molar-refractivity contribution is -0.152. The monoisotopic (exact) mass is 534 g/mol. The zero-order chi connectivity index (χ0) is 27.9. The number of carboxylic acids is 1. The molecule has 0 saturated carbocycles. The summed E-state index contributed by atoms with van der Waals surface area (Å²) in [5, 5.41) is 9.02. The highest BCUT2D eigenvalue weighted by Gasteiger charge is 2.22. The highest BCUT2D eigenvalue weighted by atomic mass is 16.5. The van der Waals surface area contributed by atoms with Crippen molar-refractivity contribution in [3.05, 3.63) is 24.8 Å². The van der Waals surface area contributed by atoms with Gasteiger partial charge in [0.25, 0.3) is 0 Å². The molecule has 0 heterocycles. The Morgan fingerprint density at radius 2 is 1.03 bits per heavy atom. The number of unbranched alkanes of at least 4 members (excludes halogenated alkanes) is 22. The van der Waals surface area contributed by atoms with E-state index in [1.165, 1.54) is 141 Å². The standard InChI is InChI=1S/C34H62O4/c1-3-5-6-7-8-9-10-11-12-13-14-15-16-17-18-19-20-21-22-23-24-25-26-27-28-29-32(31-33(35)36)34(37)38-30-4-2/h3-5,32H,2,6-31H2,1H3,(H,35,36)/b5-3+. The van der Waals surface area contributed by atoms with E-state index in [9.17, 15) is 9.59 Å². The van der Waals surface area contributed by atoms with Crippen molar-refractivity contribution in [1.82, 2.24) is 0 Å². The third-order valence-corrected chi connectivity index (χ3v) is 7.51. The quantitative estimate of drug-likeness (QED) is 0.0565. The summed E-state index contributed by atoms with van der Waals surface area (Å²) >= 11 is 0. The topological polar surface area (TPSA) is 63.6 Å². The maximum absolute atomic E-state index is 12.0. The van der Waals surface area contributed by atoms with Gasteiger partial charge in [-0.3, -0.25) is 9.59 Å². The van der Waals surface area contributed by atoms with E-state index in [1.54, 1.807) is 0 Å². The van der Waals surface area contributed by atoms with Crippen molar-refractivity contribution in [2.24, 2.45) is 5.92 Å². The van der Waals surface area contributed by atoms with Crippen molar-refractivity contribution in [3.8, 4) is 0 Å². The van der Waals surface area contributed by atoms with E-state index in [0.717, 1.165) is 12.8 Å². The predicted molar refractivity (Wildman–Crippen MR) is 163 cm³/mol. The van der Waals surface area contributed by atoms with Gasteiger partial charge >= 0.3 is 11.9 Å².